The SMILES string of the molecule is N#Cc1cc(F)c(C(O)C(O)CN=[N+]=[N-])cc1F. The van der Waals surface area contributed by atoms with Crippen molar-refractivity contribution in [1.82, 2.24) is 0 Å². The van der Waals surface area contributed by atoms with Crippen LogP contribution in [-0.2, 0) is 0 Å². The molecule has 2 atom stereocenters. The minimum Gasteiger partial charge on any atom is -0.390 e. The van der Waals surface area contributed by atoms with Crippen LogP contribution in [0.15, 0.2) is 17.2 Å². The molecule has 1 aromatic carbocycles. The minimum absolute atomic E-state index is 0.487. The van der Waals surface area contributed by atoms with Crippen LogP contribution >= 0.6 is 0 Å². The maximum atomic E-state index is 13.5. The molecule has 0 saturated carbocycles. The van der Waals surface area contributed by atoms with E-state index in [0.29, 0.717) is 12.1 Å². The fourth-order valence-corrected chi connectivity index (χ4v) is 1.30. The van der Waals surface area contributed by atoms with Crippen LogP contribution in [0.3, 0.4) is 0 Å². The van der Waals surface area contributed by atoms with E-state index in [0.717, 1.165) is 0 Å². The molecule has 6 nitrogen and oxygen atoms in total. The average Bonchev–Trinajstić information content (AvgIpc) is 2.37. The van der Waals surface area contributed by atoms with E-state index < -0.39 is 41.5 Å². The topological polar surface area (TPSA) is 113 Å². The van der Waals surface area contributed by atoms with E-state index in [1.165, 1.54) is 6.07 Å². The monoisotopic (exact) mass is 254 g/mol. The molecule has 94 valence electrons. The van der Waals surface area contributed by atoms with Crippen LogP contribution in [-0.4, -0.2) is 22.9 Å². The lowest BCUT2D eigenvalue weighted by Gasteiger charge is -2.17. The molecule has 0 spiro atoms. The molecule has 0 aliphatic rings. The first kappa shape index (κ1) is 13.9. The van der Waals surface area contributed by atoms with Crippen LogP contribution in [0.25, 0.3) is 10.4 Å². The Bertz CT molecular complexity index is 537. The van der Waals surface area contributed by atoms with Gasteiger partial charge in [0, 0.05) is 10.5 Å². The van der Waals surface area contributed by atoms with Gasteiger partial charge in [-0.3, -0.25) is 0 Å². The third-order valence-corrected chi connectivity index (χ3v) is 2.22. The van der Waals surface area contributed by atoms with Crippen LogP contribution in [0.5, 0.6) is 0 Å². The predicted molar refractivity (Wildman–Crippen MR) is 56.1 cm³/mol. The summed E-state index contributed by atoms with van der Waals surface area (Å²) in [6.07, 6.45) is -3.32. The van der Waals surface area contributed by atoms with E-state index >= 15 is 0 Å². The molecule has 0 aliphatic heterocycles. The van der Waals surface area contributed by atoms with Crippen molar-refractivity contribution in [2.75, 3.05) is 6.54 Å². The van der Waals surface area contributed by atoms with Gasteiger partial charge in [0.2, 0.25) is 0 Å². The molecule has 0 radical (unpaired) electrons. The maximum Gasteiger partial charge on any atom is 0.141 e. The number of aliphatic hydroxyl groups is 2. The van der Waals surface area contributed by atoms with E-state index in [1.807, 2.05) is 0 Å². The molecule has 8 heteroatoms. The molecule has 0 aliphatic carbocycles. The van der Waals surface area contributed by atoms with Crippen molar-refractivity contribution in [3.8, 4) is 6.07 Å². The number of aliphatic hydroxyl groups excluding tert-OH is 2. The van der Waals surface area contributed by atoms with Crippen LogP contribution in [0, 0.1) is 23.0 Å². The molecule has 0 amide bonds. The largest absolute Gasteiger partial charge is 0.390 e. The summed E-state index contributed by atoms with van der Waals surface area (Å²) < 4.78 is 26.7. The summed E-state index contributed by atoms with van der Waals surface area (Å²) in [5, 5.41) is 30.4. The second kappa shape index (κ2) is 5.93. The maximum absolute atomic E-state index is 13.5. The van der Waals surface area contributed by atoms with Gasteiger partial charge in [0.25, 0.3) is 0 Å². The van der Waals surface area contributed by atoms with Crippen molar-refractivity contribution in [2.24, 2.45) is 5.11 Å². The van der Waals surface area contributed by atoms with Crippen LogP contribution in [0.4, 0.5) is 8.78 Å². The lowest BCUT2D eigenvalue weighted by atomic mass is 10.0. The van der Waals surface area contributed by atoms with E-state index in [9.17, 15) is 19.0 Å². The Morgan fingerprint density at radius 2 is 2.06 bits per heavy atom. The van der Waals surface area contributed by atoms with E-state index in [4.69, 9.17) is 10.8 Å². The number of benzene rings is 1. The van der Waals surface area contributed by atoms with Crippen LogP contribution in [0.2, 0.25) is 0 Å². The Balaban J connectivity index is 3.06. The summed E-state index contributed by atoms with van der Waals surface area (Å²) in [4.78, 5) is 2.36. The highest BCUT2D eigenvalue weighted by molar-refractivity contribution is 5.35. The lowest BCUT2D eigenvalue weighted by Crippen LogP contribution is -2.22. The predicted octanol–water partition coefficient (Wildman–Crippen LogP) is 1.54. The van der Waals surface area contributed by atoms with E-state index in [1.54, 1.807) is 0 Å². The van der Waals surface area contributed by atoms with E-state index in [2.05, 4.69) is 10.0 Å². The Kier molecular flexibility index (Phi) is 4.57. The second-order valence-electron chi connectivity index (χ2n) is 3.39. The number of hydrogen-bond acceptors (Lipinski definition) is 4. The number of halogens is 2. The first-order valence-electron chi connectivity index (χ1n) is 4.77. The quantitative estimate of drug-likeness (QED) is 0.482. The number of hydrogen-bond donors (Lipinski definition) is 2. The highest BCUT2D eigenvalue weighted by Gasteiger charge is 2.22. The molecule has 1 rings (SSSR count). The number of rotatable bonds is 4. The standard InChI is InChI=1S/C10H8F2N4O2/c11-7-2-6(8(12)1-5(7)3-13)10(18)9(17)4-15-16-14/h1-2,9-10,17-18H,4H2. The van der Waals surface area contributed by atoms with Gasteiger partial charge in [0.15, 0.2) is 0 Å². The van der Waals surface area contributed by atoms with Crippen LogP contribution in [0.1, 0.15) is 17.2 Å². The molecule has 2 unspecified atom stereocenters. The third-order valence-electron chi connectivity index (χ3n) is 2.22. The van der Waals surface area contributed by atoms with Crippen molar-refractivity contribution in [3.63, 3.8) is 0 Å². The summed E-state index contributed by atoms with van der Waals surface area (Å²) in [5.74, 6) is -2.04. The van der Waals surface area contributed by atoms with Gasteiger partial charge in [-0.05, 0) is 17.7 Å². The van der Waals surface area contributed by atoms with Gasteiger partial charge in [0.1, 0.15) is 23.8 Å². The molecule has 2 N–H and O–H groups in total. The van der Waals surface area contributed by atoms with Gasteiger partial charge < -0.3 is 10.2 Å². The Morgan fingerprint density at radius 3 is 2.61 bits per heavy atom. The fourth-order valence-electron chi connectivity index (χ4n) is 1.30. The summed E-state index contributed by atoms with van der Waals surface area (Å²) in [5.41, 5.74) is 7.02. The summed E-state index contributed by atoms with van der Waals surface area (Å²) in [7, 11) is 0. The molecule has 0 fully saturated rings. The number of azide groups is 1. The lowest BCUT2D eigenvalue weighted by molar-refractivity contribution is 0.0220. The summed E-state index contributed by atoms with van der Waals surface area (Å²) in [6.45, 7) is -0.487. The second-order valence-corrected chi connectivity index (χ2v) is 3.39. The third kappa shape index (κ3) is 2.93. The van der Waals surface area contributed by atoms with Gasteiger partial charge in [-0.25, -0.2) is 8.78 Å². The van der Waals surface area contributed by atoms with Crippen molar-refractivity contribution in [3.05, 3.63) is 45.3 Å². The van der Waals surface area contributed by atoms with Gasteiger partial charge in [-0.2, -0.15) is 5.26 Å². The van der Waals surface area contributed by atoms with Crippen molar-refractivity contribution in [2.45, 2.75) is 12.2 Å². The minimum atomic E-state index is -1.75. The van der Waals surface area contributed by atoms with E-state index in [-0.39, 0.29) is 0 Å². The first-order chi connectivity index (χ1) is 8.51. The molecule has 0 bridgehead atoms. The van der Waals surface area contributed by atoms with Gasteiger partial charge in [0.05, 0.1) is 18.2 Å². The number of nitrogens with zero attached hydrogens (tertiary/aromatic N) is 4. The molecular weight excluding hydrogens is 246 g/mol. The molecule has 18 heavy (non-hydrogen) atoms. The molecule has 0 aromatic heterocycles. The smallest absolute Gasteiger partial charge is 0.141 e. The highest BCUT2D eigenvalue weighted by Crippen LogP contribution is 2.23. The summed E-state index contributed by atoms with van der Waals surface area (Å²) >= 11 is 0. The first-order valence-corrected chi connectivity index (χ1v) is 4.77. The molecular formula is C10H8F2N4O2. The fraction of sp³-hybridized carbons (Fsp3) is 0.300. The Hall–Kier alpha value is -2.20. The Labute approximate surface area is 100 Å². The van der Waals surface area contributed by atoms with Crippen molar-refractivity contribution < 1.29 is 19.0 Å². The van der Waals surface area contributed by atoms with Crippen LogP contribution < -0.4 is 0 Å². The van der Waals surface area contributed by atoms with Crippen molar-refractivity contribution >= 4 is 0 Å². The van der Waals surface area contributed by atoms with Gasteiger partial charge in [-0.15, -0.1) is 0 Å². The number of nitriles is 1. The van der Waals surface area contributed by atoms with Gasteiger partial charge >= 0.3 is 0 Å². The zero-order valence-electron chi connectivity index (χ0n) is 8.96. The average molecular weight is 254 g/mol. The normalized spacial score (nSPS) is 13.3. The Morgan fingerprint density at radius 1 is 1.39 bits per heavy atom. The van der Waals surface area contributed by atoms with Gasteiger partial charge in [-0.1, -0.05) is 5.11 Å². The zero-order valence-corrected chi connectivity index (χ0v) is 8.96. The molecule has 0 saturated heterocycles. The zero-order chi connectivity index (χ0) is 13.7. The molecule has 1 aromatic rings. The van der Waals surface area contributed by atoms with Crippen molar-refractivity contribution in [1.29, 1.82) is 5.26 Å². The summed E-state index contributed by atoms with van der Waals surface area (Å²) in [6, 6.07) is 2.68. The molecule has 0 heterocycles. The highest BCUT2D eigenvalue weighted by atomic mass is 19.1.